The van der Waals surface area contributed by atoms with Crippen LogP contribution in [-0.4, -0.2) is 59.1 Å². The Morgan fingerprint density at radius 2 is 1.78 bits per heavy atom. The van der Waals surface area contributed by atoms with E-state index < -0.39 is 0 Å². The number of hydrogen-bond acceptors (Lipinski definition) is 3. The molecule has 0 amide bonds. The van der Waals surface area contributed by atoms with Gasteiger partial charge in [0.2, 0.25) is 0 Å². The summed E-state index contributed by atoms with van der Waals surface area (Å²) < 4.78 is 0. The van der Waals surface area contributed by atoms with Crippen LogP contribution in [-0.2, 0) is 0 Å². The summed E-state index contributed by atoms with van der Waals surface area (Å²) in [6.45, 7) is 7.78. The standard InChI is InChI=1S/C15H28N2S/c1-2-18-15-8-3-7-14(15)17-11-5-10-16-9-4-6-13(16)12-17/h13-15H,2-12H2,1H3. The van der Waals surface area contributed by atoms with Crippen LogP contribution in [0.1, 0.15) is 45.4 Å². The van der Waals surface area contributed by atoms with Gasteiger partial charge in [0.25, 0.3) is 0 Å². The molecule has 3 fully saturated rings. The monoisotopic (exact) mass is 268 g/mol. The van der Waals surface area contributed by atoms with Gasteiger partial charge in [0.1, 0.15) is 0 Å². The van der Waals surface area contributed by atoms with Gasteiger partial charge in [-0.25, -0.2) is 0 Å². The van der Waals surface area contributed by atoms with Crippen LogP contribution < -0.4 is 0 Å². The van der Waals surface area contributed by atoms with Crippen LogP contribution in [0, 0.1) is 0 Å². The highest BCUT2D eigenvalue weighted by Gasteiger charge is 2.36. The summed E-state index contributed by atoms with van der Waals surface area (Å²) in [5.41, 5.74) is 0. The lowest BCUT2D eigenvalue weighted by atomic mass is 10.1. The van der Waals surface area contributed by atoms with Crippen LogP contribution in [0.4, 0.5) is 0 Å². The quantitative estimate of drug-likeness (QED) is 0.777. The Hall–Kier alpha value is 0.270. The first-order chi connectivity index (χ1) is 8.88. The molecule has 2 nitrogen and oxygen atoms in total. The Morgan fingerprint density at radius 1 is 0.944 bits per heavy atom. The third-order valence-electron chi connectivity index (χ3n) is 5.10. The molecule has 104 valence electrons. The van der Waals surface area contributed by atoms with E-state index in [0.717, 1.165) is 17.3 Å². The maximum absolute atomic E-state index is 2.87. The van der Waals surface area contributed by atoms with Gasteiger partial charge in [-0.2, -0.15) is 11.8 Å². The van der Waals surface area contributed by atoms with E-state index in [-0.39, 0.29) is 0 Å². The van der Waals surface area contributed by atoms with Crippen LogP contribution in [0.3, 0.4) is 0 Å². The molecule has 2 heterocycles. The molecule has 2 aliphatic heterocycles. The molecule has 3 atom stereocenters. The van der Waals surface area contributed by atoms with E-state index in [1.807, 2.05) is 0 Å². The van der Waals surface area contributed by atoms with Crippen molar-refractivity contribution in [2.24, 2.45) is 0 Å². The minimum atomic E-state index is 0.889. The molecule has 3 unspecified atom stereocenters. The zero-order valence-corrected chi connectivity index (χ0v) is 12.6. The average molecular weight is 268 g/mol. The predicted octanol–water partition coefficient (Wildman–Crippen LogP) is 2.83. The third kappa shape index (κ3) is 2.73. The fourth-order valence-corrected chi connectivity index (χ4v) is 5.56. The van der Waals surface area contributed by atoms with Crippen molar-refractivity contribution in [1.29, 1.82) is 0 Å². The molecule has 0 aromatic rings. The number of hydrogen-bond donors (Lipinski definition) is 0. The molecule has 0 N–H and O–H groups in total. The van der Waals surface area contributed by atoms with Gasteiger partial charge < -0.3 is 0 Å². The van der Waals surface area contributed by atoms with E-state index in [0.29, 0.717) is 0 Å². The Kier molecular flexibility index (Phi) is 4.53. The number of rotatable bonds is 3. The first kappa shape index (κ1) is 13.3. The largest absolute Gasteiger partial charge is 0.299 e. The van der Waals surface area contributed by atoms with Gasteiger partial charge in [-0.3, -0.25) is 9.80 Å². The summed E-state index contributed by atoms with van der Waals surface area (Å²) in [7, 11) is 0. The van der Waals surface area contributed by atoms with E-state index in [1.54, 1.807) is 0 Å². The van der Waals surface area contributed by atoms with Gasteiger partial charge in [0.05, 0.1) is 0 Å². The molecular formula is C15H28N2S. The molecular weight excluding hydrogens is 240 g/mol. The predicted molar refractivity (Wildman–Crippen MR) is 80.3 cm³/mol. The summed E-state index contributed by atoms with van der Waals surface area (Å²) in [5.74, 6) is 1.30. The summed E-state index contributed by atoms with van der Waals surface area (Å²) in [4.78, 5) is 5.63. The summed E-state index contributed by atoms with van der Waals surface area (Å²) in [5, 5.41) is 0.933. The average Bonchev–Trinajstić information content (AvgIpc) is 2.95. The molecule has 0 aromatic heterocycles. The smallest absolute Gasteiger partial charge is 0.0223 e. The van der Waals surface area contributed by atoms with Gasteiger partial charge in [-0.05, 0) is 57.5 Å². The van der Waals surface area contributed by atoms with Gasteiger partial charge in [0.15, 0.2) is 0 Å². The van der Waals surface area contributed by atoms with Gasteiger partial charge in [-0.1, -0.05) is 13.3 Å². The summed E-state index contributed by atoms with van der Waals surface area (Å²) in [6.07, 6.45) is 8.69. The Labute approximate surface area is 116 Å². The van der Waals surface area contributed by atoms with Crippen LogP contribution in [0.2, 0.25) is 0 Å². The molecule has 2 saturated heterocycles. The topological polar surface area (TPSA) is 6.48 Å². The minimum absolute atomic E-state index is 0.889. The van der Waals surface area contributed by atoms with Crippen molar-refractivity contribution in [1.82, 2.24) is 9.80 Å². The zero-order valence-electron chi connectivity index (χ0n) is 11.8. The van der Waals surface area contributed by atoms with E-state index in [9.17, 15) is 0 Å². The number of fused-ring (bicyclic) bond motifs is 1. The van der Waals surface area contributed by atoms with Gasteiger partial charge in [0, 0.05) is 23.9 Å². The lowest BCUT2D eigenvalue weighted by Crippen LogP contribution is -2.44. The van der Waals surface area contributed by atoms with E-state index in [4.69, 9.17) is 0 Å². The van der Waals surface area contributed by atoms with E-state index in [1.165, 1.54) is 70.5 Å². The second kappa shape index (κ2) is 6.15. The summed E-state index contributed by atoms with van der Waals surface area (Å²) >= 11 is 2.22. The maximum atomic E-state index is 2.87. The van der Waals surface area contributed by atoms with E-state index >= 15 is 0 Å². The van der Waals surface area contributed by atoms with Crippen molar-refractivity contribution in [2.45, 2.75) is 62.8 Å². The van der Waals surface area contributed by atoms with Crippen molar-refractivity contribution >= 4 is 11.8 Å². The summed E-state index contributed by atoms with van der Waals surface area (Å²) in [6, 6.07) is 1.79. The molecule has 0 spiro atoms. The molecule has 0 bridgehead atoms. The lowest BCUT2D eigenvalue weighted by molar-refractivity contribution is 0.177. The first-order valence-electron chi connectivity index (χ1n) is 7.98. The van der Waals surface area contributed by atoms with Crippen LogP contribution in [0.15, 0.2) is 0 Å². The first-order valence-corrected chi connectivity index (χ1v) is 9.03. The van der Waals surface area contributed by atoms with E-state index in [2.05, 4.69) is 28.5 Å². The minimum Gasteiger partial charge on any atom is -0.299 e. The molecule has 1 saturated carbocycles. The molecule has 1 aliphatic carbocycles. The normalized spacial score (nSPS) is 38.8. The highest BCUT2D eigenvalue weighted by Crippen LogP contribution is 2.35. The highest BCUT2D eigenvalue weighted by atomic mass is 32.2. The van der Waals surface area contributed by atoms with Crippen molar-refractivity contribution in [3.8, 4) is 0 Å². The van der Waals surface area contributed by atoms with Crippen LogP contribution >= 0.6 is 11.8 Å². The highest BCUT2D eigenvalue weighted by molar-refractivity contribution is 7.99. The van der Waals surface area contributed by atoms with Crippen molar-refractivity contribution in [2.75, 3.05) is 31.9 Å². The Bertz CT molecular complexity index is 271. The molecule has 3 aliphatic rings. The van der Waals surface area contributed by atoms with Gasteiger partial charge >= 0.3 is 0 Å². The zero-order chi connectivity index (χ0) is 12.4. The fraction of sp³-hybridized carbons (Fsp3) is 1.00. The van der Waals surface area contributed by atoms with Crippen molar-refractivity contribution in [3.63, 3.8) is 0 Å². The molecule has 0 radical (unpaired) electrons. The van der Waals surface area contributed by atoms with Crippen LogP contribution in [0.25, 0.3) is 0 Å². The molecule has 3 rings (SSSR count). The number of nitrogens with zero attached hydrogens (tertiary/aromatic N) is 2. The Morgan fingerprint density at radius 3 is 2.67 bits per heavy atom. The second-order valence-electron chi connectivity index (χ2n) is 6.17. The van der Waals surface area contributed by atoms with Crippen molar-refractivity contribution < 1.29 is 0 Å². The van der Waals surface area contributed by atoms with Crippen LogP contribution in [0.5, 0.6) is 0 Å². The number of thioether (sulfide) groups is 1. The fourth-order valence-electron chi connectivity index (χ4n) is 4.27. The molecule has 0 aromatic carbocycles. The van der Waals surface area contributed by atoms with Crippen molar-refractivity contribution in [3.05, 3.63) is 0 Å². The second-order valence-corrected chi connectivity index (χ2v) is 7.69. The maximum Gasteiger partial charge on any atom is 0.0223 e. The van der Waals surface area contributed by atoms with Gasteiger partial charge in [-0.15, -0.1) is 0 Å². The SMILES string of the molecule is CCSC1CCCC1N1CCCN2CCCC2C1. The molecule has 3 heteroatoms. The molecule has 18 heavy (non-hydrogen) atoms. The third-order valence-corrected chi connectivity index (χ3v) is 6.41. The Balaban J connectivity index is 1.63. The lowest BCUT2D eigenvalue weighted by Gasteiger charge is -2.33.